The first-order chi connectivity index (χ1) is 9.80. The summed E-state index contributed by atoms with van der Waals surface area (Å²) in [5.41, 5.74) is -0.0583. The van der Waals surface area contributed by atoms with Gasteiger partial charge in [-0.3, -0.25) is 4.79 Å². The third kappa shape index (κ3) is 3.48. The molecule has 0 fully saturated rings. The van der Waals surface area contributed by atoms with E-state index in [0.717, 1.165) is 6.26 Å². The van der Waals surface area contributed by atoms with Crippen LogP contribution in [0.5, 0.6) is 0 Å². The maximum atomic E-state index is 13.9. The molecule has 7 heteroatoms. The molecule has 1 amide bonds. The van der Waals surface area contributed by atoms with E-state index in [2.05, 4.69) is 21.2 Å². The Kier molecular flexibility index (Phi) is 4.43. The monoisotopic (exact) mass is 371 g/mol. The molecular weight excluding hydrogens is 361 g/mol. The van der Waals surface area contributed by atoms with E-state index >= 15 is 0 Å². The van der Waals surface area contributed by atoms with Crippen molar-refractivity contribution in [3.8, 4) is 0 Å². The van der Waals surface area contributed by atoms with Crippen molar-refractivity contribution in [3.63, 3.8) is 0 Å². The average Bonchev–Trinajstić information content (AvgIpc) is 2.41. The van der Waals surface area contributed by atoms with Gasteiger partial charge in [-0.2, -0.15) is 0 Å². The number of anilines is 1. The summed E-state index contributed by atoms with van der Waals surface area (Å²) >= 11 is 3.00. The number of amides is 1. The SMILES string of the molecule is CS(=O)(=O)c1ccccc1NC(=O)c1cccc(Br)c1F. The Balaban J connectivity index is 2.40. The minimum atomic E-state index is -3.50. The Bertz CT molecular complexity index is 806. The van der Waals surface area contributed by atoms with E-state index in [9.17, 15) is 17.6 Å². The van der Waals surface area contributed by atoms with Gasteiger partial charge in [0.2, 0.25) is 0 Å². The highest BCUT2D eigenvalue weighted by Gasteiger charge is 2.18. The lowest BCUT2D eigenvalue weighted by atomic mass is 10.2. The van der Waals surface area contributed by atoms with Crippen molar-refractivity contribution in [2.45, 2.75) is 4.90 Å². The van der Waals surface area contributed by atoms with E-state index in [4.69, 9.17) is 0 Å². The number of hydrogen-bond acceptors (Lipinski definition) is 3. The van der Waals surface area contributed by atoms with Gasteiger partial charge in [0.1, 0.15) is 5.82 Å². The van der Waals surface area contributed by atoms with Gasteiger partial charge < -0.3 is 5.32 Å². The van der Waals surface area contributed by atoms with E-state index in [0.29, 0.717) is 0 Å². The van der Waals surface area contributed by atoms with Crippen LogP contribution in [-0.4, -0.2) is 20.6 Å². The number of rotatable bonds is 3. The van der Waals surface area contributed by atoms with Gasteiger partial charge in [-0.05, 0) is 40.2 Å². The Morgan fingerprint density at radius 2 is 1.81 bits per heavy atom. The fourth-order valence-corrected chi connectivity index (χ4v) is 2.97. The number of sulfone groups is 1. The lowest BCUT2D eigenvalue weighted by Crippen LogP contribution is -2.16. The molecule has 0 unspecified atom stereocenters. The molecule has 110 valence electrons. The summed E-state index contributed by atoms with van der Waals surface area (Å²) in [4.78, 5) is 12.1. The van der Waals surface area contributed by atoms with E-state index in [1.807, 2.05) is 0 Å². The summed E-state index contributed by atoms with van der Waals surface area (Å²) in [5.74, 6) is -1.42. The molecule has 2 rings (SSSR count). The maximum Gasteiger partial charge on any atom is 0.258 e. The summed E-state index contributed by atoms with van der Waals surface area (Å²) in [5, 5.41) is 2.42. The van der Waals surface area contributed by atoms with Crippen LogP contribution in [0.1, 0.15) is 10.4 Å². The highest BCUT2D eigenvalue weighted by atomic mass is 79.9. The van der Waals surface area contributed by atoms with Crippen LogP contribution in [0.4, 0.5) is 10.1 Å². The second-order valence-electron chi connectivity index (χ2n) is 4.32. The highest BCUT2D eigenvalue weighted by Crippen LogP contribution is 2.23. The maximum absolute atomic E-state index is 13.9. The molecular formula is C14H11BrFNO3S. The summed E-state index contributed by atoms with van der Waals surface area (Å²) in [6, 6.07) is 10.3. The van der Waals surface area contributed by atoms with E-state index in [1.165, 1.54) is 30.3 Å². The van der Waals surface area contributed by atoms with Crippen LogP contribution in [0, 0.1) is 5.82 Å². The van der Waals surface area contributed by atoms with Crippen molar-refractivity contribution in [3.05, 3.63) is 58.3 Å². The Morgan fingerprint density at radius 1 is 1.14 bits per heavy atom. The molecule has 0 saturated heterocycles. The molecule has 0 aliphatic carbocycles. The van der Waals surface area contributed by atoms with Crippen molar-refractivity contribution in [2.24, 2.45) is 0 Å². The Hall–Kier alpha value is -1.73. The molecule has 0 aliphatic rings. The first-order valence-corrected chi connectivity index (χ1v) is 8.53. The summed E-state index contributed by atoms with van der Waals surface area (Å²) < 4.78 is 37.3. The van der Waals surface area contributed by atoms with Gasteiger partial charge in [-0.1, -0.05) is 18.2 Å². The molecule has 0 bridgehead atoms. The molecule has 2 aromatic carbocycles. The van der Waals surface area contributed by atoms with Crippen LogP contribution in [0.15, 0.2) is 51.8 Å². The van der Waals surface area contributed by atoms with E-state index in [-0.39, 0.29) is 20.6 Å². The third-order valence-electron chi connectivity index (χ3n) is 2.73. The number of para-hydroxylation sites is 1. The highest BCUT2D eigenvalue weighted by molar-refractivity contribution is 9.10. The van der Waals surface area contributed by atoms with Crippen molar-refractivity contribution in [1.82, 2.24) is 0 Å². The zero-order chi connectivity index (χ0) is 15.6. The van der Waals surface area contributed by atoms with Crippen molar-refractivity contribution in [1.29, 1.82) is 0 Å². The first-order valence-electron chi connectivity index (χ1n) is 5.85. The predicted octanol–water partition coefficient (Wildman–Crippen LogP) is 3.24. The molecule has 0 aromatic heterocycles. The van der Waals surface area contributed by atoms with Gasteiger partial charge in [0, 0.05) is 6.26 Å². The minimum Gasteiger partial charge on any atom is -0.321 e. The molecule has 4 nitrogen and oxygen atoms in total. The number of nitrogens with one attached hydrogen (secondary N) is 1. The van der Waals surface area contributed by atoms with Crippen molar-refractivity contribution >= 4 is 37.4 Å². The van der Waals surface area contributed by atoms with Crippen LogP contribution in [0.3, 0.4) is 0 Å². The van der Waals surface area contributed by atoms with E-state index in [1.54, 1.807) is 12.1 Å². The van der Waals surface area contributed by atoms with Gasteiger partial charge in [0.15, 0.2) is 9.84 Å². The largest absolute Gasteiger partial charge is 0.321 e. The van der Waals surface area contributed by atoms with Crippen LogP contribution in [0.2, 0.25) is 0 Å². The van der Waals surface area contributed by atoms with Gasteiger partial charge in [0.25, 0.3) is 5.91 Å². The number of halogens is 2. The number of carbonyl (C=O) groups excluding carboxylic acids is 1. The third-order valence-corrected chi connectivity index (χ3v) is 4.50. The minimum absolute atomic E-state index is 0.0197. The second kappa shape index (κ2) is 5.95. The smallest absolute Gasteiger partial charge is 0.258 e. The standard InChI is InChI=1S/C14H11BrFNO3S/c1-21(19,20)12-8-3-2-7-11(12)17-14(18)9-5-4-6-10(15)13(9)16/h2-8H,1H3,(H,17,18). The molecule has 0 saturated carbocycles. The summed E-state index contributed by atoms with van der Waals surface area (Å²) in [7, 11) is -3.50. The lowest BCUT2D eigenvalue weighted by Gasteiger charge is -2.10. The Labute approximate surface area is 130 Å². The van der Waals surface area contributed by atoms with Crippen LogP contribution < -0.4 is 5.32 Å². The molecule has 21 heavy (non-hydrogen) atoms. The topological polar surface area (TPSA) is 63.2 Å². The van der Waals surface area contributed by atoms with Gasteiger partial charge >= 0.3 is 0 Å². The number of benzene rings is 2. The summed E-state index contributed by atoms with van der Waals surface area (Å²) in [6.07, 6.45) is 1.04. The molecule has 0 radical (unpaired) electrons. The zero-order valence-electron chi connectivity index (χ0n) is 10.9. The van der Waals surface area contributed by atoms with Gasteiger partial charge in [-0.15, -0.1) is 0 Å². The normalized spacial score (nSPS) is 11.2. The first kappa shape index (κ1) is 15.7. The number of hydrogen-bond donors (Lipinski definition) is 1. The van der Waals surface area contributed by atoms with Crippen molar-refractivity contribution < 1.29 is 17.6 Å². The molecule has 0 heterocycles. The van der Waals surface area contributed by atoms with Crippen LogP contribution in [0.25, 0.3) is 0 Å². The van der Waals surface area contributed by atoms with Gasteiger partial charge in [-0.25, -0.2) is 12.8 Å². The van der Waals surface area contributed by atoms with Crippen molar-refractivity contribution in [2.75, 3.05) is 11.6 Å². The fourth-order valence-electron chi connectivity index (χ4n) is 1.76. The second-order valence-corrected chi connectivity index (χ2v) is 7.16. The van der Waals surface area contributed by atoms with Crippen LogP contribution in [-0.2, 0) is 9.84 Å². The van der Waals surface area contributed by atoms with E-state index < -0.39 is 21.6 Å². The molecule has 0 aliphatic heterocycles. The molecule has 0 spiro atoms. The molecule has 2 aromatic rings. The molecule has 0 atom stereocenters. The lowest BCUT2D eigenvalue weighted by molar-refractivity contribution is 0.102. The quantitative estimate of drug-likeness (QED) is 0.900. The average molecular weight is 372 g/mol. The number of carbonyl (C=O) groups is 1. The predicted molar refractivity (Wildman–Crippen MR) is 81.6 cm³/mol. The fraction of sp³-hybridized carbons (Fsp3) is 0.0714. The van der Waals surface area contributed by atoms with Gasteiger partial charge in [0.05, 0.1) is 20.6 Å². The molecule has 1 N–H and O–H groups in total. The zero-order valence-corrected chi connectivity index (χ0v) is 13.3. The Morgan fingerprint density at radius 3 is 2.48 bits per heavy atom. The van der Waals surface area contributed by atoms with Crippen LogP contribution >= 0.6 is 15.9 Å². The summed E-state index contributed by atoms with van der Waals surface area (Å²) in [6.45, 7) is 0.